The van der Waals surface area contributed by atoms with Gasteiger partial charge in [-0.3, -0.25) is 0 Å². The largest absolute Gasteiger partial charge is 0.212 e. The van der Waals surface area contributed by atoms with E-state index in [1.165, 1.54) is 10.8 Å². The van der Waals surface area contributed by atoms with E-state index < -0.39 is 0 Å². The molecule has 7 aromatic carbocycles. The highest BCUT2D eigenvalue weighted by atomic mass is 15.0. The van der Waals surface area contributed by atoms with Gasteiger partial charge in [0.25, 0.3) is 0 Å². The van der Waals surface area contributed by atoms with Crippen LogP contribution in [0.3, 0.4) is 0 Å². The lowest BCUT2D eigenvalue weighted by Crippen LogP contribution is -2.07. The smallest absolute Gasteiger partial charge is 0.164 e. The van der Waals surface area contributed by atoms with Gasteiger partial charge in [-0.2, -0.15) is 0 Å². The first-order valence-corrected chi connectivity index (χ1v) is 19.5. The number of fused-ring (bicyclic) bond motifs is 1. The highest BCUT2D eigenvalue weighted by Crippen LogP contribution is 2.33. The van der Waals surface area contributed by atoms with Crippen LogP contribution in [0.4, 0.5) is 0 Å². The fourth-order valence-corrected chi connectivity index (χ4v) is 7.34. The van der Waals surface area contributed by atoms with Crippen molar-refractivity contribution in [3.8, 4) is 79.2 Å². The summed E-state index contributed by atoms with van der Waals surface area (Å²) in [5.41, 5.74) is 9.29. The molecule has 0 N–H and O–H groups in total. The summed E-state index contributed by atoms with van der Waals surface area (Å²) in [4.78, 5) is 29.5. The van der Waals surface area contributed by atoms with Gasteiger partial charge >= 0.3 is 0 Å². The fraction of sp³-hybridized carbons (Fsp3) is 0.0385. The van der Waals surface area contributed by atoms with Gasteiger partial charge in [0, 0.05) is 33.7 Å². The zero-order valence-corrected chi connectivity index (χ0v) is 31.5. The Morgan fingerprint density at radius 1 is 0.310 bits per heavy atom. The predicted molar refractivity (Wildman–Crippen MR) is 234 cm³/mol. The molecule has 1 aliphatic carbocycles. The third kappa shape index (κ3) is 7.22. The van der Waals surface area contributed by atoms with Gasteiger partial charge in [-0.15, -0.1) is 0 Å². The molecule has 0 saturated carbocycles. The molecule has 2 heterocycles. The Kier molecular flexibility index (Phi) is 9.26. The Balaban J connectivity index is 0.934. The molecule has 2 aromatic heterocycles. The van der Waals surface area contributed by atoms with Gasteiger partial charge in [0.1, 0.15) is 5.82 Å². The molecule has 1 unspecified atom stereocenters. The van der Waals surface area contributed by atoms with Crippen LogP contribution in [0.5, 0.6) is 0 Å². The minimum atomic E-state index is 0.116. The highest BCUT2D eigenvalue weighted by Gasteiger charge is 2.18. The number of aromatic nitrogens is 6. The Labute approximate surface area is 337 Å². The highest BCUT2D eigenvalue weighted by molar-refractivity contribution is 5.91. The van der Waals surface area contributed by atoms with E-state index in [0.717, 1.165) is 62.3 Å². The molecule has 0 amide bonds. The summed E-state index contributed by atoms with van der Waals surface area (Å²) in [6.45, 7) is 0. The van der Waals surface area contributed by atoms with Crippen LogP contribution in [-0.4, -0.2) is 29.9 Å². The maximum atomic E-state index is 4.97. The van der Waals surface area contributed by atoms with Gasteiger partial charge in [-0.25, -0.2) is 29.9 Å². The topological polar surface area (TPSA) is 77.3 Å². The molecule has 274 valence electrons. The Hall–Kier alpha value is -7.70. The summed E-state index contributed by atoms with van der Waals surface area (Å²) in [5, 5.41) is 2.36. The fourth-order valence-electron chi connectivity index (χ4n) is 7.34. The van der Waals surface area contributed by atoms with Gasteiger partial charge in [0.05, 0.1) is 0 Å². The first-order chi connectivity index (χ1) is 28.7. The summed E-state index contributed by atoms with van der Waals surface area (Å²) in [5.74, 6) is 4.20. The van der Waals surface area contributed by atoms with Crippen LogP contribution in [0.2, 0.25) is 0 Å². The molecule has 0 fully saturated rings. The van der Waals surface area contributed by atoms with Crippen LogP contribution in [0, 0.1) is 0 Å². The van der Waals surface area contributed by atoms with Gasteiger partial charge in [0.15, 0.2) is 29.1 Å². The van der Waals surface area contributed by atoms with Crippen LogP contribution >= 0.6 is 0 Å². The van der Waals surface area contributed by atoms with Crippen LogP contribution in [0.25, 0.3) is 90.0 Å². The van der Waals surface area contributed by atoms with Crippen LogP contribution in [0.1, 0.15) is 18.2 Å². The van der Waals surface area contributed by atoms with Crippen molar-refractivity contribution >= 4 is 10.8 Å². The van der Waals surface area contributed by atoms with E-state index in [1.54, 1.807) is 0 Å². The Morgan fingerprint density at radius 2 is 0.672 bits per heavy atom. The lowest BCUT2D eigenvalue weighted by atomic mass is 9.96. The number of nitrogens with zero attached hydrogens (tertiary/aromatic N) is 6. The number of allylic oxidation sites excluding steroid dienone is 4. The first-order valence-electron chi connectivity index (χ1n) is 19.5. The molecule has 0 saturated heterocycles. The van der Waals surface area contributed by atoms with E-state index in [1.807, 2.05) is 91.0 Å². The second kappa shape index (κ2) is 15.4. The molecule has 10 rings (SSSR count). The Morgan fingerprint density at radius 3 is 1.07 bits per heavy atom. The lowest BCUT2D eigenvalue weighted by molar-refractivity contribution is 0.764. The van der Waals surface area contributed by atoms with Crippen LogP contribution in [-0.2, 0) is 0 Å². The molecule has 9 aromatic rings. The zero-order chi connectivity index (χ0) is 38.7. The standard InChI is InChI=1S/C52H36N6/c1-5-13-38(14-6-1)47-53-48(39-15-7-2-8-16-39)56-51(55-47)42-27-21-35(22-28-42)44-31-25-37-26-32-45(34-46(37)33-44)36-23-29-43(30-24-36)52-57-49(40-17-9-3-10-18-40)54-50(58-52)41-19-11-4-12-20-41/h1-19,21-34,41H,20H2. The number of rotatable bonds is 8. The second-order valence-corrected chi connectivity index (χ2v) is 14.3. The molecule has 1 atom stereocenters. The molecular formula is C52H36N6. The summed E-state index contributed by atoms with van der Waals surface area (Å²) in [6, 6.07) is 60.5. The maximum absolute atomic E-state index is 4.97. The minimum absolute atomic E-state index is 0.116. The molecule has 1 aliphatic rings. The van der Waals surface area contributed by atoms with Crippen molar-refractivity contribution in [2.75, 3.05) is 0 Å². The minimum Gasteiger partial charge on any atom is -0.212 e. The monoisotopic (exact) mass is 744 g/mol. The summed E-state index contributed by atoms with van der Waals surface area (Å²) in [6.07, 6.45) is 9.34. The quantitative estimate of drug-likeness (QED) is 0.154. The van der Waals surface area contributed by atoms with Crippen molar-refractivity contribution in [3.05, 3.63) is 206 Å². The van der Waals surface area contributed by atoms with Crippen molar-refractivity contribution < 1.29 is 0 Å². The second-order valence-electron chi connectivity index (χ2n) is 14.3. The van der Waals surface area contributed by atoms with Crippen molar-refractivity contribution in [2.45, 2.75) is 12.3 Å². The molecule has 0 spiro atoms. The average molecular weight is 745 g/mol. The van der Waals surface area contributed by atoms with Crippen LogP contribution in [0.15, 0.2) is 200 Å². The van der Waals surface area contributed by atoms with E-state index in [0.29, 0.717) is 29.1 Å². The van der Waals surface area contributed by atoms with Gasteiger partial charge < -0.3 is 0 Å². The first kappa shape index (κ1) is 34.8. The van der Waals surface area contributed by atoms with Crippen molar-refractivity contribution in [1.82, 2.24) is 29.9 Å². The van der Waals surface area contributed by atoms with E-state index >= 15 is 0 Å². The van der Waals surface area contributed by atoms with E-state index in [-0.39, 0.29) is 5.92 Å². The summed E-state index contributed by atoms with van der Waals surface area (Å²) in [7, 11) is 0. The Bertz CT molecular complexity index is 2890. The zero-order valence-electron chi connectivity index (χ0n) is 31.5. The number of hydrogen-bond donors (Lipinski definition) is 0. The number of benzene rings is 7. The third-order valence-corrected chi connectivity index (χ3v) is 10.5. The van der Waals surface area contributed by atoms with E-state index in [9.17, 15) is 0 Å². The van der Waals surface area contributed by atoms with Crippen LogP contribution < -0.4 is 0 Å². The molecule has 0 radical (unpaired) electrons. The molecule has 0 bridgehead atoms. The maximum Gasteiger partial charge on any atom is 0.164 e. The molecule has 6 nitrogen and oxygen atoms in total. The lowest BCUT2D eigenvalue weighted by Gasteiger charge is -2.14. The van der Waals surface area contributed by atoms with Crippen molar-refractivity contribution in [1.29, 1.82) is 0 Å². The normalized spacial score (nSPS) is 13.5. The molecule has 6 heteroatoms. The molecule has 58 heavy (non-hydrogen) atoms. The van der Waals surface area contributed by atoms with Gasteiger partial charge in [-0.1, -0.05) is 188 Å². The van der Waals surface area contributed by atoms with Gasteiger partial charge in [0.2, 0.25) is 0 Å². The molecule has 0 aliphatic heterocycles. The SMILES string of the molecule is C1=CCC(c2nc(-c3ccccc3)nc(-c3ccc(-c4ccc5ccc(-c6ccc(-c7nc(-c8ccccc8)nc(-c8ccccc8)n7)cc6)cc5c4)cc3)n2)C=C1. The third-order valence-electron chi connectivity index (χ3n) is 10.5. The van der Waals surface area contributed by atoms with Gasteiger partial charge in [-0.05, 0) is 51.6 Å². The van der Waals surface area contributed by atoms with Crippen molar-refractivity contribution in [2.24, 2.45) is 0 Å². The molecular weight excluding hydrogens is 709 g/mol. The summed E-state index contributed by atoms with van der Waals surface area (Å²) < 4.78 is 0. The average Bonchev–Trinajstić information content (AvgIpc) is 3.32. The van der Waals surface area contributed by atoms with E-state index in [2.05, 4.69) is 109 Å². The van der Waals surface area contributed by atoms with Crippen molar-refractivity contribution in [3.63, 3.8) is 0 Å². The predicted octanol–water partition coefficient (Wildman–Crippen LogP) is 12.5. The number of hydrogen-bond acceptors (Lipinski definition) is 6. The van der Waals surface area contributed by atoms with E-state index in [4.69, 9.17) is 29.9 Å². The summed E-state index contributed by atoms with van der Waals surface area (Å²) >= 11 is 0.